The Morgan fingerprint density at radius 3 is 2.73 bits per heavy atom. The summed E-state index contributed by atoms with van der Waals surface area (Å²) >= 11 is 0. The van der Waals surface area contributed by atoms with Gasteiger partial charge in [0.25, 0.3) is 5.91 Å². The van der Waals surface area contributed by atoms with Crippen molar-refractivity contribution in [2.24, 2.45) is 0 Å². The van der Waals surface area contributed by atoms with Gasteiger partial charge in [0.05, 0.1) is 6.61 Å². The Morgan fingerprint density at radius 2 is 2.00 bits per heavy atom. The molecular weight excluding hydrogens is 330 g/mol. The number of rotatable bonds is 8. The maximum atomic E-state index is 12.3. The second-order valence-corrected chi connectivity index (χ2v) is 5.69. The Morgan fingerprint density at radius 1 is 1.15 bits per heavy atom. The summed E-state index contributed by atoms with van der Waals surface area (Å²) in [6, 6.07) is 15.0. The number of benzene rings is 2. The van der Waals surface area contributed by atoms with Crippen LogP contribution in [0.4, 0.5) is 0 Å². The average molecular weight is 351 g/mol. The monoisotopic (exact) mass is 351 g/mol. The van der Waals surface area contributed by atoms with Crippen molar-refractivity contribution < 1.29 is 14.3 Å². The quantitative estimate of drug-likeness (QED) is 0.612. The van der Waals surface area contributed by atoms with E-state index in [1.807, 2.05) is 24.3 Å². The highest BCUT2D eigenvalue weighted by atomic mass is 16.5. The zero-order chi connectivity index (χ0) is 18.2. The van der Waals surface area contributed by atoms with Gasteiger partial charge < -0.3 is 19.8 Å². The molecule has 0 atom stereocenters. The zero-order valence-electron chi connectivity index (χ0n) is 14.6. The van der Waals surface area contributed by atoms with Crippen LogP contribution in [-0.2, 0) is 11.3 Å². The van der Waals surface area contributed by atoms with Gasteiger partial charge in [0.2, 0.25) is 0 Å². The van der Waals surface area contributed by atoms with E-state index in [1.54, 1.807) is 43.8 Å². The van der Waals surface area contributed by atoms with Gasteiger partial charge in [-0.05, 0) is 35.9 Å². The lowest BCUT2D eigenvalue weighted by atomic mass is 10.1. The van der Waals surface area contributed by atoms with Crippen molar-refractivity contribution in [1.82, 2.24) is 15.3 Å². The first-order valence-electron chi connectivity index (χ1n) is 8.35. The van der Waals surface area contributed by atoms with Crippen molar-refractivity contribution in [2.75, 3.05) is 20.3 Å². The average Bonchev–Trinajstić information content (AvgIpc) is 3.22. The van der Waals surface area contributed by atoms with Crippen molar-refractivity contribution in [1.29, 1.82) is 0 Å². The lowest BCUT2D eigenvalue weighted by Crippen LogP contribution is -2.22. The summed E-state index contributed by atoms with van der Waals surface area (Å²) in [4.78, 5) is 19.6. The molecule has 0 aliphatic heterocycles. The third-order valence-corrected chi connectivity index (χ3v) is 3.82. The molecule has 26 heavy (non-hydrogen) atoms. The maximum Gasteiger partial charge on any atom is 0.251 e. The molecule has 0 aliphatic rings. The molecule has 0 aliphatic carbocycles. The van der Waals surface area contributed by atoms with E-state index in [-0.39, 0.29) is 5.91 Å². The number of aromatic amines is 1. The summed E-state index contributed by atoms with van der Waals surface area (Å²) < 4.78 is 10.4. The van der Waals surface area contributed by atoms with Crippen LogP contribution < -0.4 is 10.1 Å². The van der Waals surface area contributed by atoms with Crippen LogP contribution in [0.15, 0.2) is 60.9 Å². The highest BCUT2D eigenvalue weighted by Gasteiger charge is 2.07. The minimum atomic E-state index is -0.128. The van der Waals surface area contributed by atoms with E-state index in [9.17, 15) is 4.79 Å². The fourth-order valence-electron chi connectivity index (χ4n) is 2.48. The SMILES string of the molecule is COCCOc1ccc(C(=O)NCc2cccc(-c3ncc[nH]3)c2)cc1. The lowest BCUT2D eigenvalue weighted by molar-refractivity contribution is 0.0951. The molecule has 0 fully saturated rings. The van der Waals surface area contributed by atoms with Crippen LogP contribution in [0.1, 0.15) is 15.9 Å². The number of carbonyl (C=O) groups is 1. The van der Waals surface area contributed by atoms with Gasteiger partial charge in [-0.15, -0.1) is 0 Å². The molecule has 0 spiro atoms. The van der Waals surface area contributed by atoms with Crippen LogP contribution in [0, 0.1) is 0 Å². The third kappa shape index (κ3) is 4.70. The highest BCUT2D eigenvalue weighted by molar-refractivity contribution is 5.94. The molecule has 0 unspecified atom stereocenters. The van der Waals surface area contributed by atoms with Gasteiger partial charge in [-0.3, -0.25) is 4.79 Å². The first kappa shape index (κ1) is 17.7. The minimum absolute atomic E-state index is 0.128. The van der Waals surface area contributed by atoms with Crippen LogP contribution in [0.5, 0.6) is 5.75 Å². The third-order valence-electron chi connectivity index (χ3n) is 3.82. The molecule has 1 amide bonds. The minimum Gasteiger partial charge on any atom is -0.491 e. The second-order valence-electron chi connectivity index (χ2n) is 5.69. The van der Waals surface area contributed by atoms with E-state index in [0.29, 0.717) is 31.1 Å². The molecule has 0 saturated carbocycles. The van der Waals surface area contributed by atoms with E-state index in [2.05, 4.69) is 15.3 Å². The number of nitrogens with zero attached hydrogens (tertiary/aromatic N) is 1. The first-order valence-corrected chi connectivity index (χ1v) is 8.35. The number of ether oxygens (including phenoxy) is 2. The molecule has 2 N–H and O–H groups in total. The van der Waals surface area contributed by atoms with Crippen molar-refractivity contribution in [3.63, 3.8) is 0 Å². The van der Waals surface area contributed by atoms with Crippen LogP contribution in [-0.4, -0.2) is 36.2 Å². The van der Waals surface area contributed by atoms with Crippen molar-refractivity contribution in [3.8, 4) is 17.1 Å². The smallest absolute Gasteiger partial charge is 0.251 e. The van der Waals surface area contributed by atoms with Gasteiger partial charge in [-0.2, -0.15) is 0 Å². The molecule has 2 aromatic carbocycles. The molecule has 6 nitrogen and oxygen atoms in total. The number of hydrogen-bond acceptors (Lipinski definition) is 4. The Bertz CT molecular complexity index is 830. The number of nitrogens with one attached hydrogen (secondary N) is 2. The number of amides is 1. The Labute approximate surface area is 152 Å². The molecule has 134 valence electrons. The Kier molecular flexibility index (Phi) is 6.01. The molecule has 0 saturated heterocycles. The van der Waals surface area contributed by atoms with Crippen molar-refractivity contribution in [2.45, 2.75) is 6.54 Å². The van der Waals surface area contributed by atoms with Gasteiger partial charge in [0.15, 0.2) is 0 Å². The van der Waals surface area contributed by atoms with E-state index in [1.165, 1.54) is 0 Å². The highest BCUT2D eigenvalue weighted by Crippen LogP contribution is 2.16. The summed E-state index contributed by atoms with van der Waals surface area (Å²) in [5.41, 5.74) is 2.58. The fraction of sp³-hybridized carbons (Fsp3) is 0.200. The molecule has 3 rings (SSSR count). The van der Waals surface area contributed by atoms with Gasteiger partial charge in [0.1, 0.15) is 18.2 Å². The molecule has 0 radical (unpaired) electrons. The molecule has 1 aromatic heterocycles. The summed E-state index contributed by atoms with van der Waals surface area (Å²) in [5.74, 6) is 1.39. The topological polar surface area (TPSA) is 76.2 Å². The van der Waals surface area contributed by atoms with Crippen molar-refractivity contribution >= 4 is 5.91 Å². The van der Waals surface area contributed by atoms with Crippen LogP contribution in [0.3, 0.4) is 0 Å². The predicted molar refractivity (Wildman–Crippen MR) is 99.0 cm³/mol. The summed E-state index contributed by atoms with van der Waals surface area (Å²) in [5, 5.41) is 2.93. The summed E-state index contributed by atoms with van der Waals surface area (Å²) in [6.45, 7) is 1.45. The number of H-pyrrole nitrogens is 1. The molecule has 6 heteroatoms. The fourth-order valence-corrected chi connectivity index (χ4v) is 2.48. The standard InChI is InChI=1S/C20H21N3O3/c1-25-11-12-26-18-7-5-16(6-8-18)20(24)23-14-15-3-2-4-17(13-15)19-21-9-10-22-19/h2-10,13H,11-12,14H2,1H3,(H,21,22)(H,23,24). The maximum absolute atomic E-state index is 12.3. The molecule has 1 heterocycles. The lowest BCUT2D eigenvalue weighted by Gasteiger charge is -2.08. The molecular formula is C20H21N3O3. The number of hydrogen-bond donors (Lipinski definition) is 2. The normalized spacial score (nSPS) is 10.5. The second kappa shape index (κ2) is 8.82. The van der Waals surface area contributed by atoms with Gasteiger partial charge in [-0.25, -0.2) is 4.98 Å². The summed E-state index contributed by atoms with van der Waals surface area (Å²) in [7, 11) is 1.63. The van der Waals surface area contributed by atoms with Gasteiger partial charge in [0, 0.05) is 37.2 Å². The number of imidazole rings is 1. The van der Waals surface area contributed by atoms with Crippen LogP contribution >= 0.6 is 0 Å². The van der Waals surface area contributed by atoms with Crippen molar-refractivity contribution in [3.05, 3.63) is 72.1 Å². The van der Waals surface area contributed by atoms with E-state index in [0.717, 1.165) is 17.0 Å². The van der Waals surface area contributed by atoms with E-state index in [4.69, 9.17) is 9.47 Å². The number of aromatic nitrogens is 2. The molecule has 3 aromatic rings. The van der Waals surface area contributed by atoms with Crippen LogP contribution in [0.2, 0.25) is 0 Å². The van der Waals surface area contributed by atoms with Gasteiger partial charge >= 0.3 is 0 Å². The van der Waals surface area contributed by atoms with E-state index < -0.39 is 0 Å². The van der Waals surface area contributed by atoms with E-state index >= 15 is 0 Å². The predicted octanol–water partition coefficient (Wildman–Crippen LogP) is 3.03. The zero-order valence-corrected chi connectivity index (χ0v) is 14.6. The first-order chi connectivity index (χ1) is 12.8. The van der Waals surface area contributed by atoms with Crippen LogP contribution in [0.25, 0.3) is 11.4 Å². The van der Waals surface area contributed by atoms with Gasteiger partial charge in [-0.1, -0.05) is 18.2 Å². The Balaban J connectivity index is 1.56. The summed E-state index contributed by atoms with van der Waals surface area (Å²) in [6.07, 6.45) is 3.50. The largest absolute Gasteiger partial charge is 0.491 e. The Hall–Kier alpha value is -3.12. The number of methoxy groups -OCH3 is 1. The molecule has 0 bridgehead atoms. The number of carbonyl (C=O) groups excluding carboxylic acids is 1.